The first kappa shape index (κ1) is 16.9. The van der Waals surface area contributed by atoms with Gasteiger partial charge in [-0.2, -0.15) is 0 Å². The van der Waals surface area contributed by atoms with Gasteiger partial charge in [-0.3, -0.25) is 4.79 Å². The van der Waals surface area contributed by atoms with Crippen molar-refractivity contribution in [1.29, 1.82) is 0 Å². The number of benzene rings is 2. The number of aryl methyl sites for hydroxylation is 3. The van der Waals surface area contributed by atoms with Crippen molar-refractivity contribution in [2.24, 2.45) is 0 Å². The molecule has 1 amide bonds. The lowest BCUT2D eigenvalue weighted by Gasteiger charge is -2.13. The summed E-state index contributed by atoms with van der Waals surface area (Å²) >= 11 is 0. The molecule has 0 saturated heterocycles. The van der Waals surface area contributed by atoms with Gasteiger partial charge in [0.1, 0.15) is 11.5 Å². The third-order valence-corrected chi connectivity index (χ3v) is 3.85. The minimum Gasteiger partial charge on any atom is -0.497 e. The fourth-order valence-corrected chi connectivity index (χ4v) is 2.54. The molecule has 0 unspecified atom stereocenters. The molecular formula is C19H23NO3. The minimum absolute atomic E-state index is 0.00715. The van der Waals surface area contributed by atoms with Crippen LogP contribution in [0.4, 0.5) is 5.69 Å². The minimum atomic E-state index is -0.00715. The van der Waals surface area contributed by atoms with Crippen molar-refractivity contribution in [1.82, 2.24) is 0 Å². The highest BCUT2D eigenvalue weighted by atomic mass is 16.5. The summed E-state index contributed by atoms with van der Waals surface area (Å²) < 4.78 is 10.6. The lowest BCUT2D eigenvalue weighted by molar-refractivity contribution is -0.116. The van der Waals surface area contributed by atoms with Crippen LogP contribution in [0.15, 0.2) is 36.4 Å². The molecule has 0 saturated carbocycles. The number of rotatable bonds is 6. The van der Waals surface area contributed by atoms with Crippen LogP contribution in [0.1, 0.15) is 23.1 Å². The van der Waals surface area contributed by atoms with E-state index in [1.165, 1.54) is 0 Å². The highest BCUT2D eigenvalue weighted by Gasteiger charge is 2.10. The van der Waals surface area contributed by atoms with Gasteiger partial charge in [-0.25, -0.2) is 0 Å². The van der Waals surface area contributed by atoms with Gasteiger partial charge in [-0.05, 0) is 55.2 Å². The van der Waals surface area contributed by atoms with Crippen LogP contribution >= 0.6 is 0 Å². The lowest BCUT2D eigenvalue weighted by atomic mass is 10.1. The molecule has 4 nitrogen and oxygen atoms in total. The maximum Gasteiger partial charge on any atom is 0.224 e. The first-order valence-corrected chi connectivity index (χ1v) is 7.62. The summed E-state index contributed by atoms with van der Waals surface area (Å²) in [7, 11) is 3.25. The molecule has 0 bridgehead atoms. The maximum absolute atomic E-state index is 12.3. The van der Waals surface area contributed by atoms with Crippen LogP contribution in [0.3, 0.4) is 0 Å². The van der Waals surface area contributed by atoms with E-state index in [2.05, 4.69) is 5.32 Å². The number of anilines is 1. The number of amides is 1. The monoisotopic (exact) mass is 313 g/mol. The van der Waals surface area contributed by atoms with Gasteiger partial charge >= 0.3 is 0 Å². The van der Waals surface area contributed by atoms with Crippen LogP contribution in [-0.2, 0) is 11.2 Å². The summed E-state index contributed by atoms with van der Waals surface area (Å²) in [5.74, 6) is 1.52. The Labute approximate surface area is 137 Å². The van der Waals surface area contributed by atoms with Crippen molar-refractivity contribution in [2.75, 3.05) is 19.5 Å². The Morgan fingerprint density at radius 3 is 2.35 bits per heavy atom. The van der Waals surface area contributed by atoms with Crippen LogP contribution in [0.2, 0.25) is 0 Å². The molecule has 0 spiro atoms. The number of ether oxygens (including phenoxy) is 2. The zero-order chi connectivity index (χ0) is 16.8. The maximum atomic E-state index is 12.3. The molecule has 2 aromatic carbocycles. The molecule has 122 valence electrons. The third kappa shape index (κ3) is 4.25. The predicted molar refractivity (Wildman–Crippen MR) is 92.4 cm³/mol. The van der Waals surface area contributed by atoms with Gasteiger partial charge in [-0.15, -0.1) is 0 Å². The molecule has 0 aliphatic rings. The van der Waals surface area contributed by atoms with Gasteiger partial charge in [0.25, 0.3) is 0 Å². The van der Waals surface area contributed by atoms with E-state index in [0.29, 0.717) is 12.8 Å². The second-order valence-electron chi connectivity index (χ2n) is 5.49. The summed E-state index contributed by atoms with van der Waals surface area (Å²) in [4.78, 5) is 12.3. The van der Waals surface area contributed by atoms with Crippen LogP contribution in [0, 0.1) is 13.8 Å². The Hall–Kier alpha value is -2.49. The van der Waals surface area contributed by atoms with Gasteiger partial charge < -0.3 is 14.8 Å². The number of methoxy groups -OCH3 is 2. The van der Waals surface area contributed by atoms with Gasteiger partial charge in [-0.1, -0.05) is 18.2 Å². The molecule has 0 aliphatic carbocycles. The molecule has 0 heterocycles. The van der Waals surface area contributed by atoms with E-state index in [4.69, 9.17) is 9.47 Å². The topological polar surface area (TPSA) is 47.6 Å². The molecular weight excluding hydrogens is 290 g/mol. The Bertz CT molecular complexity index is 675. The molecule has 1 N–H and O–H groups in total. The molecule has 0 radical (unpaired) electrons. The normalized spacial score (nSPS) is 10.3. The third-order valence-electron chi connectivity index (χ3n) is 3.85. The van der Waals surface area contributed by atoms with E-state index >= 15 is 0 Å². The highest BCUT2D eigenvalue weighted by molar-refractivity contribution is 5.92. The summed E-state index contributed by atoms with van der Waals surface area (Å²) in [6.07, 6.45) is 0.981. The van der Waals surface area contributed by atoms with E-state index in [0.717, 1.165) is 33.9 Å². The van der Waals surface area contributed by atoms with Crippen LogP contribution in [-0.4, -0.2) is 20.1 Å². The summed E-state index contributed by atoms with van der Waals surface area (Å²) in [5.41, 5.74) is 3.99. The van der Waals surface area contributed by atoms with Crippen molar-refractivity contribution in [3.05, 3.63) is 53.1 Å². The second-order valence-corrected chi connectivity index (χ2v) is 5.49. The summed E-state index contributed by atoms with van der Waals surface area (Å²) in [5, 5.41) is 3.00. The number of hydrogen-bond donors (Lipinski definition) is 1. The van der Waals surface area contributed by atoms with E-state index in [-0.39, 0.29) is 5.91 Å². The van der Waals surface area contributed by atoms with Gasteiger partial charge in [0.05, 0.1) is 14.2 Å². The smallest absolute Gasteiger partial charge is 0.224 e. The Morgan fingerprint density at radius 1 is 1.04 bits per heavy atom. The van der Waals surface area contributed by atoms with E-state index in [1.54, 1.807) is 14.2 Å². The number of hydrogen-bond acceptors (Lipinski definition) is 3. The van der Waals surface area contributed by atoms with Crippen molar-refractivity contribution >= 4 is 11.6 Å². The van der Waals surface area contributed by atoms with Crippen molar-refractivity contribution in [3.63, 3.8) is 0 Å². The molecule has 0 atom stereocenters. The number of para-hydroxylation sites is 1. The van der Waals surface area contributed by atoms with Crippen molar-refractivity contribution < 1.29 is 14.3 Å². The average Bonchev–Trinajstić information content (AvgIpc) is 2.56. The van der Waals surface area contributed by atoms with Crippen LogP contribution in [0.25, 0.3) is 0 Å². The summed E-state index contributed by atoms with van der Waals surface area (Å²) in [6, 6.07) is 11.6. The lowest BCUT2D eigenvalue weighted by Crippen LogP contribution is -2.14. The van der Waals surface area contributed by atoms with Crippen LogP contribution < -0.4 is 14.8 Å². The standard InChI is InChI=1S/C19H23NO3/c1-13-6-5-7-14(2)19(13)20-18(21)11-8-15-12-16(22-3)9-10-17(15)23-4/h5-7,9-10,12H,8,11H2,1-4H3,(H,20,21). The zero-order valence-electron chi connectivity index (χ0n) is 14.1. The Kier molecular flexibility index (Phi) is 5.63. The first-order chi connectivity index (χ1) is 11.0. The fourth-order valence-electron chi connectivity index (χ4n) is 2.54. The van der Waals surface area contributed by atoms with Gasteiger partial charge in [0.2, 0.25) is 5.91 Å². The van der Waals surface area contributed by atoms with Crippen LogP contribution in [0.5, 0.6) is 11.5 Å². The number of carbonyl (C=O) groups is 1. The second kappa shape index (κ2) is 7.68. The fraction of sp³-hybridized carbons (Fsp3) is 0.316. The Morgan fingerprint density at radius 2 is 1.74 bits per heavy atom. The number of carbonyl (C=O) groups excluding carboxylic acids is 1. The van der Waals surface area contributed by atoms with E-state index in [1.807, 2.05) is 50.2 Å². The van der Waals surface area contributed by atoms with E-state index < -0.39 is 0 Å². The quantitative estimate of drug-likeness (QED) is 0.880. The average molecular weight is 313 g/mol. The summed E-state index contributed by atoms with van der Waals surface area (Å²) in [6.45, 7) is 3.99. The number of nitrogens with one attached hydrogen (secondary N) is 1. The van der Waals surface area contributed by atoms with E-state index in [9.17, 15) is 4.79 Å². The SMILES string of the molecule is COc1ccc(OC)c(CCC(=O)Nc2c(C)cccc2C)c1. The largest absolute Gasteiger partial charge is 0.497 e. The predicted octanol–water partition coefficient (Wildman–Crippen LogP) is 3.89. The van der Waals surface area contributed by atoms with Gasteiger partial charge in [0, 0.05) is 12.1 Å². The molecule has 2 aromatic rings. The van der Waals surface area contributed by atoms with Crippen molar-refractivity contribution in [2.45, 2.75) is 26.7 Å². The molecule has 0 aromatic heterocycles. The zero-order valence-corrected chi connectivity index (χ0v) is 14.1. The Balaban J connectivity index is 2.05. The molecule has 23 heavy (non-hydrogen) atoms. The molecule has 4 heteroatoms. The molecule has 0 fully saturated rings. The first-order valence-electron chi connectivity index (χ1n) is 7.62. The highest BCUT2D eigenvalue weighted by Crippen LogP contribution is 2.25. The molecule has 0 aliphatic heterocycles. The van der Waals surface area contributed by atoms with Gasteiger partial charge in [0.15, 0.2) is 0 Å². The molecule has 2 rings (SSSR count). The van der Waals surface area contributed by atoms with Crippen molar-refractivity contribution in [3.8, 4) is 11.5 Å².